The molecule has 0 aliphatic rings. The Balaban J connectivity index is 0.00000400. The fourth-order valence-corrected chi connectivity index (χ4v) is 3.25. The standard InChI is InChI=1S/C12H18Cl2N2O3S.ClH/c1-19-5-4-15-2-3-16-20(17,18)9-10-6-11(13)8-12(14)7-10;/h6-8,15-16H,2-5,9H2,1H3;1H. The van der Waals surface area contributed by atoms with Crippen LogP contribution in [0.25, 0.3) is 0 Å². The average molecular weight is 378 g/mol. The van der Waals surface area contributed by atoms with Crippen molar-refractivity contribution in [3.8, 4) is 0 Å². The first-order chi connectivity index (χ1) is 9.43. The zero-order chi connectivity index (χ0) is 15.0. The second-order valence-corrected chi connectivity index (χ2v) is 6.85. The van der Waals surface area contributed by atoms with Gasteiger partial charge in [0.2, 0.25) is 10.0 Å². The Labute approximate surface area is 141 Å². The number of sulfonamides is 1. The third-order valence-electron chi connectivity index (χ3n) is 2.39. The molecule has 0 saturated carbocycles. The van der Waals surface area contributed by atoms with E-state index in [2.05, 4.69) is 10.0 Å². The highest BCUT2D eigenvalue weighted by Crippen LogP contribution is 2.20. The molecule has 0 aliphatic carbocycles. The fraction of sp³-hybridized carbons (Fsp3) is 0.500. The summed E-state index contributed by atoms with van der Waals surface area (Å²) in [5.74, 6) is -0.147. The molecule has 21 heavy (non-hydrogen) atoms. The van der Waals surface area contributed by atoms with Gasteiger partial charge in [-0.05, 0) is 23.8 Å². The van der Waals surface area contributed by atoms with Gasteiger partial charge in [0, 0.05) is 36.8 Å². The van der Waals surface area contributed by atoms with Gasteiger partial charge in [-0.3, -0.25) is 0 Å². The lowest BCUT2D eigenvalue weighted by Crippen LogP contribution is -2.33. The number of halogens is 3. The Morgan fingerprint density at radius 3 is 2.29 bits per heavy atom. The molecule has 0 amide bonds. The van der Waals surface area contributed by atoms with E-state index in [0.717, 1.165) is 0 Å². The minimum Gasteiger partial charge on any atom is -0.383 e. The monoisotopic (exact) mass is 376 g/mol. The summed E-state index contributed by atoms with van der Waals surface area (Å²) in [5, 5.41) is 3.89. The van der Waals surface area contributed by atoms with E-state index in [1.54, 1.807) is 25.3 Å². The molecular formula is C12H19Cl3N2O3S. The molecule has 0 heterocycles. The summed E-state index contributed by atoms with van der Waals surface area (Å²) in [7, 11) is -1.79. The molecule has 0 spiro atoms. The summed E-state index contributed by atoms with van der Waals surface area (Å²) >= 11 is 11.7. The van der Waals surface area contributed by atoms with E-state index in [4.69, 9.17) is 27.9 Å². The van der Waals surface area contributed by atoms with Crippen LogP contribution in [0.2, 0.25) is 10.0 Å². The zero-order valence-corrected chi connectivity index (χ0v) is 14.7. The molecule has 0 saturated heterocycles. The van der Waals surface area contributed by atoms with Crippen LogP contribution < -0.4 is 10.0 Å². The van der Waals surface area contributed by atoms with Gasteiger partial charge in [0.25, 0.3) is 0 Å². The minimum atomic E-state index is -3.40. The molecule has 0 bridgehead atoms. The Morgan fingerprint density at radius 2 is 1.71 bits per heavy atom. The Bertz CT molecular complexity index is 506. The maximum Gasteiger partial charge on any atom is 0.215 e. The molecule has 9 heteroatoms. The molecular weight excluding hydrogens is 359 g/mol. The number of nitrogens with one attached hydrogen (secondary N) is 2. The van der Waals surface area contributed by atoms with E-state index in [1.165, 1.54) is 0 Å². The number of methoxy groups -OCH3 is 1. The van der Waals surface area contributed by atoms with Crippen LogP contribution >= 0.6 is 35.6 Å². The highest BCUT2D eigenvalue weighted by molar-refractivity contribution is 7.88. The molecule has 0 atom stereocenters. The fourth-order valence-electron chi connectivity index (χ4n) is 1.56. The Morgan fingerprint density at radius 1 is 1.10 bits per heavy atom. The van der Waals surface area contributed by atoms with Gasteiger partial charge >= 0.3 is 0 Å². The maximum atomic E-state index is 11.9. The van der Waals surface area contributed by atoms with Crippen LogP contribution in [0.3, 0.4) is 0 Å². The van der Waals surface area contributed by atoms with Crippen molar-refractivity contribution in [2.45, 2.75) is 5.75 Å². The molecule has 1 rings (SSSR count). The molecule has 1 aromatic carbocycles. The van der Waals surface area contributed by atoms with Gasteiger partial charge in [-0.1, -0.05) is 23.2 Å². The van der Waals surface area contributed by atoms with Crippen LogP contribution in [0, 0.1) is 0 Å². The Hall–Kier alpha value is -0.0800. The van der Waals surface area contributed by atoms with E-state index in [0.29, 0.717) is 41.8 Å². The van der Waals surface area contributed by atoms with Crippen molar-refractivity contribution < 1.29 is 13.2 Å². The summed E-state index contributed by atoms with van der Waals surface area (Å²) in [6, 6.07) is 4.74. The van der Waals surface area contributed by atoms with Crippen LogP contribution in [0.15, 0.2) is 18.2 Å². The number of hydrogen-bond donors (Lipinski definition) is 2. The van der Waals surface area contributed by atoms with Crippen LogP contribution in [0.4, 0.5) is 0 Å². The third kappa shape index (κ3) is 9.52. The van der Waals surface area contributed by atoms with Gasteiger partial charge in [-0.25, -0.2) is 13.1 Å². The zero-order valence-electron chi connectivity index (χ0n) is 11.6. The quantitative estimate of drug-likeness (QED) is 0.647. The van der Waals surface area contributed by atoms with Crippen molar-refractivity contribution in [2.24, 2.45) is 0 Å². The van der Waals surface area contributed by atoms with Gasteiger partial charge in [0.05, 0.1) is 12.4 Å². The molecule has 122 valence electrons. The van der Waals surface area contributed by atoms with Gasteiger partial charge in [0.15, 0.2) is 0 Å². The highest BCUT2D eigenvalue weighted by atomic mass is 35.5. The summed E-state index contributed by atoms with van der Waals surface area (Å²) in [6.45, 7) is 2.13. The van der Waals surface area contributed by atoms with Gasteiger partial charge in [-0.2, -0.15) is 0 Å². The average Bonchev–Trinajstić information content (AvgIpc) is 2.31. The topological polar surface area (TPSA) is 67.4 Å². The van der Waals surface area contributed by atoms with Gasteiger partial charge < -0.3 is 10.1 Å². The lowest BCUT2D eigenvalue weighted by molar-refractivity contribution is 0.199. The minimum absolute atomic E-state index is 0. The van der Waals surface area contributed by atoms with E-state index < -0.39 is 10.0 Å². The van der Waals surface area contributed by atoms with Gasteiger partial charge in [-0.15, -0.1) is 12.4 Å². The molecule has 0 fully saturated rings. The summed E-state index contributed by atoms with van der Waals surface area (Å²) < 4.78 is 31.1. The van der Waals surface area contributed by atoms with Crippen LogP contribution in [0.1, 0.15) is 5.56 Å². The predicted octanol–water partition coefficient (Wildman–Crippen LogP) is 2.07. The van der Waals surface area contributed by atoms with E-state index >= 15 is 0 Å². The number of ether oxygens (including phenoxy) is 1. The second kappa shape index (κ2) is 10.6. The molecule has 2 N–H and O–H groups in total. The van der Waals surface area contributed by atoms with Crippen molar-refractivity contribution in [3.05, 3.63) is 33.8 Å². The number of rotatable bonds is 9. The highest BCUT2D eigenvalue weighted by Gasteiger charge is 2.11. The first kappa shape index (κ1) is 20.9. The molecule has 0 radical (unpaired) electrons. The van der Waals surface area contributed by atoms with Crippen molar-refractivity contribution in [3.63, 3.8) is 0 Å². The number of benzene rings is 1. The SMILES string of the molecule is COCCNCCNS(=O)(=O)Cc1cc(Cl)cc(Cl)c1.Cl. The van der Waals surface area contributed by atoms with E-state index in [9.17, 15) is 8.42 Å². The summed E-state index contributed by atoms with van der Waals surface area (Å²) in [6.07, 6.45) is 0. The smallest absolute Gasteiger partial charge is 0.215 e. The first-order valence-electron chi connectivity index (χ1n) is 6.05. The van der Waals surface area contributed by atoms with Crippen LogP contribution in [-0.4, -0.2) is 41.8 Å². The maximum absolute atomic E-state index is 11.9. The lowest BCUT2D eigenvalue weighted by atomic mass is 10.2. The molecule has 0 unspecified atom stereocenters. The number of hydrogen-bond acceptors (Lipinski definition) is 4. The van der Waals surface area contributed by atoms with Crippen molar-refractivity contribution in [1.29, 1.82) is 0 Å². The van der Waals surface area contributed by atoms with Crippen molar-refractivity contribution in [2.75, 3.05) is 33.4 Å². The van der Waals surface area contributed by atoms with E-state index in [-0.39, 0.29) is 18.2 Å². The normalized spacial score (nSPS) is 11.2. The Kier molecular flexibility index (Phi) is 10.6. The second-order valence-electron chi connectivity index (χ2n) is 4.17. The molecule has 0 aliphatic heterocycles. The van der Waals surface area contributed by atoms with Crippen molar-refractivity contribution in [1.82, 2.24) is 10.0 Å². The summed E-state index contributed by atoms with van der Waals surface area (Å²) in [5.41, 5.74) is 0.558. The van der Waals surface area contributed by atoms with Crippen LogP contribution in [-0.2, 0) is 20.5 Å². The largest absolute Gasteiger partial charge is 0.383 e. The van der Waals surface area contributed by atoms with Gasteiger partial charge in [0.1, 0.15) is 0 Å². The predicted molar refractivity (Wildman–Crippen MR) is 89.1 cm³/mol. The summed E-state index contributed by atoms with van der Waals surface area (Å²) in [4.78, 5) is 0. The van der Waals surface area contributed by atoms with E-state index in [1.807, 2.05) is 0 Å². The molecule has 0 aromatic heterocycles. The first-order valence-corrected chi connectivity index (χ1v) is 8.46. The third-order valence-corrected chi connectivity index (χ3v) is 4.18. The van der Waals surface area contributed by atoms with Crippen LogP contribution in [0.5, 0.6) is 0 Å². The van der Waals surface area contributed by atoms with Crippen molar-refractivity contribution >= 4 is 45.6 Å². The molecule has 1 aromatic rings. The lowest BCUT2D eigenvalue weighted by Gasteiger charge is -2.08. The molecule has 5 nitrogen and oxygen atoms in total.